The Bertz CT molecular complexity index is 1020. The number of benzene rings is 2. The molecule has 0 unspecified atom stereocenters. The number of ether oxygens (including phenoxy) is 1. The van der Waals surface area contributed by atoms with Gasteiger partial charge in [-0.3, -0.25) is 0 Å². The topological polar surface area (TPSA) is 72.5 Å². The van der Waals surface area contributed by atoms with Gasteiger partial charge in [-0.1, -0.05) is 70.7 Å². The molecule has 2 aromatic rings. The number of sulfonamides is 1. The Balaban J connectivity index is 2.05. The van der Waals surface area contributed by atoms with Crippen molar-refractivity contribution in [1.82, 2.24) is 4.72 Å². The van der Waals surface area contributed by atoms with Crippen LogP contribution in [0.1, 0.15) is 17.2 Å². The van der Waals surface area contributed by atoms with Crippen LogP contribution in [0.2, 0.25) is 5.02 Å². The maximum atomic E-state index is 12.9. The zero-order valence-corrected chi connectivity index (χ0v) is 17.0. The minimum absolute atomic E-state index is 0.0562. The third-order valence-electron chi connectivity index (χ3n) is 4.03. The van der Waals surface area contributed by atoms with Crippen LogP contribution in [0.25, 0.3) is 0 Å². The molecule has 27 heavy (non-hydrogen) atoms. The molecule has 0 amide bonds. The van der Waals surface area contributed by atoms with E-state index >= 15 is 0 Å². The summed E-state index contributed by atoms with van der Waals surface area (Å²) < 4.78 is 33.5. The summed E-state index contributed by atoms with van der Waals surface area (Å²) in [5, 5.41) is -0.0795. The van der Waals surface area contributed by atoms with E-state index < -0.39 is 28.1 Å². The molecule has 2 atom stereocenters. The number of halogens is 3. The maximum Gasteiger partial charge on any atom is 0.351 e. The fraction of sp³-hybridized carbons (Fsp3) is 0.167. The number of cyclic esters (lactones) is 1. The Labute approximate surface area is 171 Å². The van der Waals surface area contributed by atoms with E-state index in [2.05, 4.69) is 4.72 Å². The predicted molar refractivity (Wildman–Crippen MR) is 104 cm³/mol. The summed E-state index contributed by atoms with van der Waals surface area (Å²) in [6.07, 6.45) is -1.13. The predicted octanol–water partition coefficient (Wildman–Crippen LogP) is 4.28. The van der Waals surface area contributed by atoms with Crippen molar-refractivity contribution >= 4 is 50.8 Å². The lowest BCUT2D eigenvalue weighted by atomic mass is 10.0. The SMILES string of the molecule is Cc1ccc(S(=O)(=O)N[C@H](c2ccccc2Cl)[C@@H]2OC(=O)C(Cl)=C2Cl)cc1. The van der Waals surface area contributed by atoms with Gasteiger partial charge in [0.25, 0.3) is 0 Å². The highest BCUT2D eigenvalue weighted by Crippen LogP contribution is 2.38. The molecule has 0 spiro atoms. The zero-order chi connectivity index (χ0) is 19.8. The van der Waals surface area contributed by atoms with Crippen molar-refractivity contribution < 1.29 is 17.9 Å². The second-order valence-electron chi connectivity index (χ2n) is 5.92. The molecule has 5 nitrogen and oxygen atoms in total. The Morgan fingerprint density at radius 3 is 2.22 bits per heavy atom. The molecule has 3 rings (SSSR count). The van der Waals surface area contributed by atoms with E-state index in [1.54, 1.807) is 36.4 Å². The fourth-order valence-electron chi connectivity index (χ4n) is 2.62. The molecule has 0 aliphatic carbocycles. The minimum atomic E-state index is -3.96. The summed E-state index contributed by atoms with van der Waals surface area (Å²) in [7, 11) is -3.96. The van der Waals surface area contributed by atoms with Gasteiger partial charge in [0.1, 0.15) is 5.03 Å². The van der Waals surface area contributed by atoms with Gasteiger partial charge in [0, 0.05) is 5.02 Å². The Kier molecular flexibility index (Phi) is 5.84. The lowest BCUT2D eigenvalue weighted by Crippen LogP contribution is -2.37. The summed E-state index contributed by atoms with van der Waals surface area (Å²) in [5.74, 6) is -0.821. The summed E-state index contributed by atoms with van der Waals surface area (Å²) in [4.78, 5) is 11.8. The molecule has 1 heterocycles. The van der Waals surface area contributed by atoms with E-state index in [0.29, 0.717) is 5.56 Å². The van der Waals surface area contributed by atoms with Crippen molar-refractivity contribution in [3.63, 3.8) is 0 Å². The third-order valence-corrected chi connectivity index (χ3v) is 6.69. The van der Waals surface area contributed by atoms with E-state index in [9.17, 15) is 13.2 Å². The molecule has 0 aromatic heterocycles. The van der Waals surface area contributed by atoms with Crippen LogP contribution in [0.5, 0.6) is 0 Å². The van der Waals surface area contributed by atoms with E-state index in [-0.39, 0.29) is 20.0 Å². The van der Waals surface area contributed by atoms with Crippen molar-refractivity contribution in [2.24, 2.45) is 0 Å². The van der Waals surface area contributed by atoms with E-state index in [1.807, 2.05) is 6.92 Å². The number of carbonyl (C=O) groups is 1. The molecule has 0 fully saturated rings. The molecule has 0 radical (unpaired) electrons. The van der Waals surface area contributed by atoms with Gasteiger partial charge >= 0.3 is 5.97 Å². The standard InChI is InChI=1S/C18H14Cl3NO4S/c1-10-6-8-11(9-7-10)27(24,25)22-16(12-4-2-3-5-13(12)19)17-14(20)15(21)18(23)26-17/h2-9,16-17,22H,1H3/t16-,17-/m1/s1. The first-order valence-electron chi connectivity index (χ1n) is 7.80. The van der Waals surface area contributed by atoms with Gasteiger partial charge in [0.05, 0.1) is 16.0 Å². The fourth-order valence-corrected chi connectivity index (χ4v) is 4.49. The number of aryl methyl sites for hydroxylation is 1. The first-order chi connectivity index (χ1) is 12.7. The molecular formula is C18H14Cl3NO4S. The van der Waals surface area contributed by atoms with Gasteiger partial charge < -0.3 is 4.74 Å². The average Bonchev–Trinajstić information content (AvgIpc) is 2.88. The number of hydrogen-bond acceptors (Lipinski definition) is 4. The van der Waals surface area contributed by atoms with Crippen LogP contribution in [0.15, 0.2) is 63.5 Å². The van der Waals surface area contributed by atoms with Gasteiger partial charge in [-0.05, 0) is 30.7 Å². The van der Waals surface area contributed by atoms with E-state index in [4.69, 9.17) is 39.5 Å². The van der Waals surface area contributed by atoms with Crippen molar-refractivity contribution in [1.29, 1.82) is 0 Å². The molecule has 1 aliphatic heterocycles. The van der Waals surface area contributed by atoms with Crippen LogP contribution in [0.4, 0.5) is 0 Å². The van der Waals surface area contributed by atoms with Crippen molar-refractivity contribution in [3.05, 3.63) is 74.7 Å². The molecule has 1 N–H and O–H groups in total. The molecule has 1 aliphatic rings. The van der Waals surface area contributed by atoms with E-state index in [1.165, 1.54) is 12.1 Å². The van der Waals surface area contributed by atoms with Crippen LogP contribution in [0, 0.1) is 6.92 Å². The van der Waals surface area contributed by atoms with Crippen LogP contribution >= 0.6 is 34.8 Å². The Morgan fingerprint density at radius 2 is 1.67 bits per heavy atom. The number of esters is 1. The molecular weight excluding hydrogens is 433 g/mol. The van der Waals surface area contributed by atoms with Crippen LogP contribution in [0.3, 0.4) is 0 Å². The number of rotatable bonds is 5. The quantitative estimate of drug-likeness (QED) is 0.696. The van der Waals surface area contributed by atoms with Gasteiger partial charge in [0.2, 0.25) is 10.0 Å². The smallest absolute Gasteiger partial charge is 0.351 e. The number of nitrogens with one attached hydrogen (secondary N) is 1. The lowest BCUT2D eigenvalue weighted by Gasteiger charge is -2.25. The summed E-state index contributed by atoms with van der Waals surface area (Å²) in [6, 6.07) is 11.9. The summed E-state index contributed by atoms with van der Waals surface area (Å²) >= 11 is 18.2. The normalized spacial score (nSPS) is 18.5. The monoisotopic (exact) mass is 445 g/mol. The Morgan fingerprint density at radius 1 is 1.04 bits per heavy atom. The van der Waals surface area contributed by atoms with Crippen molar-refractivity contribution in [3.8, 4) is 0 Å². The average molecular weight is 447 g/mol. The molecule has 0 saturated heterocycles. The van der Waals surface area contributed by atoms with Crippen molar-refractivity contribution in [2.45, 2.75) is 24.0 Å². The lowest BCUT2D eigenvalue weighted by molar-refractivity contribution is -0.140. The third kappa shape index (κ3) is 4.15. The highest BCUT2D eigenvalue weighted by atomic mass is 35.5. The highest BCUT2D eigenvalue weighted by Gasteiger charge is 2.41. The number of hydrogen-bond donors (Lipinski definition) is 1. The second kappa shape index (κ2) is 7.81. The van der Waals surface area contributed by atoms with Gasteiger partial charge in [0.15, 0.2) is 6.10 Å². The molecule has 2 aromatic carbocycles. The molecule has 9 heteroatoms. The molecule has 142 valence electrons. The summed E-state index contributed by atoms with van der Waals surface area (Å²) in [5.41, 5.74) is 1.32. The second-order valence-corrected chi connectivity index (χ2v) is 8.83. The van der Waals surface area contributed by atoms with Crippen molar-refractivity contribution in [2.75, 3.05) is 0 Å². The molecule has 0 saturated carbocycles. The Hall–Kier alpha value is -1.57. The van der Waals surface area contributed by atoms with Gasteiger partial charge in [-0.2, -0.15) is 4.72 Å². The largest absolute Gasteiger partial charge is 0.450 e. The van der Waals surface area contributed by atoms with E-state index in [0.717, 1.165) is 5.56 Å². The first kappa shape index (κ1) is 20.2. The number of carbonyl (C=O) groups excluding carboxylic acids is 1. The van der Waals surface area contributed by atoms with Crippen LogP contribution < -0.4 is 4.72 Å². The summed E-state index contributed by atoms with van der Waals surface area (Å²) in [6.45, 7) is 1.85. The van der Waals surface area contributed by atoms with Gasteiger partial charge in [-0.25, -0.2) is 13.2 Å². The highest BCUT2D eigenvalue weighted by molar-refractivity contribution is 7.89. The first-order valence-corrected chi connectivity index (χ1v) is 10.4. The maximum absolute atomic E-state index is 12.9. The minimum Gasteiger partial charge on any atom is -0.450 e. The zero-order valence-electron chi connectivity index (χ0n) is 13.9. The van der Waals surface area contributed by atoms with Crippen LogP contribution in [-0.4, -0.2) is 20.5 Å². The van der Waals surface area contributed by atoms with Crippen LogP contribution in [-0.2, 0) is 19.6 Å². The molecule has 0 bridgehead atoms. The van der Waals surface area contributed by atoms with Gasteiger partial charge in [-0.15, -0.1) is 0 Å².